The van der Waals surface area contributed by atoms with Crippen molar-refractivity contribution in [2.24, 2.45) is 7.05 Å². The van der Waals surface area contributed by atoms with E-state index in [4.69, 9.17) is 4.74 Å². The van der Waals surface area contributed by atoms with Crippen LogP contribution in [0.4, 0.5) is 0 Å². The number of aliphatic hydroxyl groups excluding tert-OH is 1. The maximum atomic E-state index is 12.2. The largest absolute Gasteiger partial charge is 0.388 e. The molecule has 2 aromatic rings. The highest BCUT2D eigenvalue weighted by Gasteiger charge is 2.35. The number of aromatic amines is 1. The van der Waals surface area contributed by atoms with Gasteiger partial charge in [-0.05, 0) is 12.8 Å². The van der Waals surface area contributed by atoms with E-state index >= 15 is 0 Å². The fourth-order valence-corrected chi connectivity index (χ4v) is 3.33. The van der Waals surface area contributed by atoms with Gasteiger partial charge in [-0.25, -0.2) is 4.79 Å². The normalized spacial score (nSPS) is 18.7. The van der Waals surface area contributed by atoms with Crippen LogP contribution in [0.15, 0.2) is 15.8 Å². The maximum Gasteiger partial charge on any atom is 0.328 e. The molecule has 28 heavy (non-hydrogen) atoms. The first-order chi connectivity index (χ1) is 13.4. The number of ether oxygens (including phenoxy) is 1. The SMILES string of the molecule is COCCn1c(CO)nnc1C1CC(NC(=O)Cc2c[nH]c(=O)n(C)c2=O)C1. The van der Waals surface area contributed by atoms with Gasteiger partial charge in [0.2, 0.25) is 5.91 Å². The molecular formula is C17H24N6O5. The zero-order valence-electron chi connectivity index (χ0n) is 15.8. The first-order valence-corrected chi connectivity index (χ1v) is 9.03. The Morgan fingerprint density at radius 1 is 1.39 bits per heavy atom. The third-order valence-electron chi connectivity index (χ3n) is 4.99. The highest BCUT2D eigenvalue weighted by atomic mass is 16.5. The van der Waals surface area contributed by atoms with Gasteiger partial charge in [-0.2, -0.15) is 0 Å². The molecule has 11 heteroatoms. The Hall–Kier alpha value is -2.79. The van der Waals surface area contributed by atoms with Crippen LogP contribution in [0.3, 0.4) is 0 Å². The van der Waals surface area contributed by atoms with Crippen molar-refractivity contribution in [2.75, 3.05) is 13.7 Å². The highest BCUT2D eigenvalue weighted by molar-refractivity contribution is 5.78. The summed E-state index contributed by atoms with van der Waals surface area (Å²) >= 11 is 0. The van der Waals surface area contributed by atoms with Gasteiger partial charge in [-0.3, -0.25) is 14.2 Å². The van der Waals surface area contributed by atoms with E-state index in [1.807, 2.05) is 4.57 Å². The summed E-state index contributed by atoms with van der Waals surface area (Å²) in [5.41, 5.74) is -0.758. The third-order valence-corrected chi connectivity index (χ3v) is 4.99. The summed E-state index contributed by atoms with van der Waals surface area (Å²) in [5, 5.41) is 20.5. The van der Waals surface area contributed by atoms with Crippen LogP contribution in [-0.4, -0.2) is 55.1 Å². The molecule has 1 aliphatic carbocycles. The Morgan fingerprint density at radius 2 is 2.14 bits per heavy atom. The minimum atomic E-state index is -0.518. The van der Waals surface area contributed by atoms with Gasteiger partial charge in [0.1, 0.15) is 12.4 Å². The number of hydrogen-bond donors (Lipinski definition) is 3. The summed E-state index contributed by atoms with van der Waals surface area (Å²) in [6.07, 6.45) is 2.59. The molecule has 0 aromatic carbocycles. The number of rotatable bonds is 8. The van der Waals surface area contributed by atoms with E-state index in [1.54, 1.807) is 7.11 Å². The molecule has 1 aliphatic rings. The van der Waals surface area contributed by atoms with Crippen molar-refractivity contribution < 1.29 is 14.6 Å². The van der Waals surface area contributed by atoms with E-state index in [0.717, 1.165) is 10.4 Å². The number of nitrogens with one attached hydrogen (secondary N) is 2. The van der Waals surface area contributed by atoms with Gasteiger partial charge < -0.3 is 24.7 Å². The lowest BCUT2D eigenvalue weighted by atomic mass is 9.79. The minimum absolute atomic E-state index is 0.0192. The van der Waals surface area contributed by atoms with Gasteiger partial charge in [0.05, 0.1) is 13.0 Å². The van der Waals surface area contributed by atoms with Crippen molar-refractivity contribution in [3.8, 4) is 0 Å². The monoisotopic (exact) mass is 392 g/mol. The zero-order chi connectivity index (χ0) is 20.3. The first-order valence-electron chi connectivity index (χ1n) is 9.03. The Bertz CT molecular complexity index is 956. The van der Waals surface area contributed by atoms with Crippen molar-refractivity contribution in [3.05, 3.63) is 44.2 Å². The Morgan fingerprint density at radius 3 is 2.82 bits per heavy atom. The molecule has 2 aromatic heterocycles. The minimum Gasteiger partial charge on any atom is -0.388 e. The lowest BCUT2D eigenvalue weighted by molar-refractivity contribution is -0.121. The molecule has 2 heterocycles. The van der Waals surface area contributed by atoms with Crippen molar-refractivity contribution in [1.29, 1.82) is 0 Å². The summed E-state index contributed by atoms with van der Waals surface area (Å²) in [6, 6.07) is -0.0192. The molecule has 11 nitrogen and oxygen atoms in total. The molecule has 0 atom stereocenters. The van der Waals surface area contributed by atoms with Crippen LogP contribution in [0.25, 0.3) is 0 Å². The number of H-pyrrole nitrogens is 1. The molecule has 152 valence electrons. The second-order valence-electron chi connectivity index (χ2n) is 6.87. The van der Waals surface area contributed by atoms with Crippen molar-refractivity contribution in [3.63, 3.8) is 0 Å². The first kappa shape index (κ1) is 20.0. The molecular weight excluding hydrogens is 368 g/mol. The number of aliphatic hydroxyl groups is 1. The molecule has 1 fully saturated rings. The molecule has 0 bridgehead atoms. The molecule has 0 radical (unpaired) electrons. The van der Waals surface area contributed by atoms with Crippen LogP contribution in [0.5, 0.6) is 0 Å². The summed E-state index contributed by atoms with van der Waals surface area (Å²) in [4.78, 5) is 38.0. The van der Waals surface area contributed by atoms with E-state index in [1.165, 1.54) is 13.2 Å². The average Bonchev–Trinajstić information content (AvgIpc) is 3.05. The van der Waals surface area contributed by atoms with Crippen molar-refractivity contribution in [1.82, 2.24) is 29.6 Å². The van der Waals surface area contributed by atoms with E-state index in [-0.39, 0.29) is 36.5 Å². The highest BCUT2D eigenvalue weighted by Crippen LogP contribution is 2.36. The van der Waals surface area contributed by atoms with Gasteiger partial charge in [0.25, 0.3) is 5.56 Å². The quantitative estimate of drug-likeness (QED) is 0.491. The molecule has 0 saturated heterocycles. The van der Waals surface area contributed by atoms with Gasteiger partial charge >= 0.3 is 5.69 Å². The van der Waals surface area contributed by atoms with Crippen LogP contribution in [0, 0.1) is 0 Å². The van der Waals surface area contributed by atoms with E-state index in [9.17, 15) is 19.5 Å². The lowest BCUT2D eigenvalue weighted by Gasteiger charge is -2.35. The fourth-order valence-electron chi connectivity index (χ4n) is 3.33. The van der Waals surface area contributed by atoms with Crippen LogP contribution in [-0.2, 0) is 36.2 Å². The van der Waals surface area contributed by atoms with Crippen molar-refractivity contribution in [2.45, 2.75) is 44.4 Å². The number of hydrogen-bond acceptors (Lipinski definition) is 7. The molecule has 0 unspecified atom stereocenters. The Balaban J connectivity index is 1.57. The summed E-state index contributed by atoms with van der Waals surface area (Å²) in [6.45, 7) is 0.842. The number of methoxy groups -OCH3 is 1. The third kappa shape index (κ3) is 4.04. The number of carbonyl (C=O) groups is 1. The van der Waals surface area contributed by atoms with E-state index < -0.39 is 11.2 Å². The average molecular weight is 392 g/mol. The summed E-state index contributed by atoms with van der Waals surface area (Å²) < 4.78 is 7.89. The standard InChI is InChI=1S/C17H24N6O5/c1-22-16(26)11(8-18-17(22)27)7-14(25)19-12-5-10(6-12)15-21-20-13(9-24)23(15)3-4-28-2/h8,10,12,24H,3-7,9H2,1-2H3,(H,18,27)(H,19,25). The topological polar surface area (TPSA) is 144 Å². The predicted molar refractivity (Wildman–Crippen MR) is 97.7 cm³/mol. The fraction of sp³-hybridized carbons (Fsp3) is 0.588. The van der Waals surface area contributed by atoms with Crippen LogP contribution in [0.2, 0.25) is 0 Å². The molecule has 0 spiro atoms. The number of nitrogens with zero attached hydrogens (tertiary/aromatic N) is 4. The second-order valence-corrected chi connectivity index (χ2v) is 6.87. The summed E-state index contributed by atoms with van der Waals surface area (Å²) in [5.74, 6) is 1.13. The number of amides is 1. The van der Waals surface area contributed by atoms with Crippen LogP contribution < -0.4 is 16.6 Å². The molecule has 3 N–H and O–H groups in total. The predicted octanol–water partition coefficient (Wildman–Crippen LogP) is -1.59. The molecule has 1 saturated carbocycles. The lowest BCUT2D eigenvalue weighted by Crippen LogP contribution is -2.45. The molecule has 1 amide bonds. The molecule has 3 rings (SSSR count). The van der Waals surface area contributed by atoms with Crippen molar-refractivity contribution >= 4 is 5.91 Å². The number of aromatic nitrogens is 5. The van der Waals surface area contributed by atoms with Gasteiger partial charge in [-0.1, -0.05) is 0 Å². The van der Waals surface area contributed by atoms with Crippen LogP contribution >= 0.6 is 0 Å². The zero-order valence-corrected chi connectivity index (χ0v) is 15.8. The van der Waals surface area contributed by atoms with E-state index in [2.05, 4.69) is 20.5 Å². The van der Waals surface area contributed by atoms with Gasteiger partial charge in [0, 0.05) is 44.4 Å². The summed E-state index contributed by atoms with van der Waals surface area (Å²) in [7, 11) is 2.96. The Kier molecular flexibility index (Phi) is 6.05. The Labute approximate surface area is 160 Å². The van der Waals surface area contributed by atoms with Gasteiger partial charge in [-0.15, -0.1) is 10.2 Å². The van der Waals surface area contributed by atoms with Gasteiger partial charge in [0.15, 0.2) is 5.82 Å². The second kappa shape index (κ2) is 8.48. The smallest absolute Gasteiger partial charge is 0.328 e. The maximum absolute atomic E-state index is 12.2. The molecule has 0 aliphatic heterocycles. The number of carbonyl (C=O) groups excluding carboxylic acids is 1. The van der Waals surface area contributed by atoms with E-state index in [0.29, 0.717) is 31.8 Å². The van der Waals surface area contributed by atoms with Crippen LogP contribution in [0.1, 0.15) is 36.0 Å².